The van der Waals surface area contributed by atoms with Crippen LogP contribution in [0.1, 0.15) is 32.1 Å². The molecule has 1 saturated carbocycles. The lowest BCUT2D eigenvalue weighted by atomic mass is 9.91. The SMILES string of the molecule is CN(CCC(=O)Nc1ccccc1Cl)C1CCCCC1O. The number of para-hydroxylation sites is 1. The normalized spacial score (nSPS) is 22.3. The molecule has 0 aromatic heterocycles. The van der Waals surface area contributed by atoms with Crippen LogP contribution in [0.25, 0.3) is 0 Å². The molecule has 0 aliphatic heterocycles. The van der Waals surface area contributed by atoms with Gasteiger partial charge in [-0.15, -0.1) is 0 Å². The molecule has 2 N–H and O–H groups in total. The quantitative estimate of drug-likeness (QED) is 0.879. The molecule has 1 aromatic carbocycles. The maximum atomic E-state index is 12.0. The van der Waals surface area contributed by atoms with Crippen molar-refractivity contribution in [3.8, 4) is 0 Å². The molecule has 4 nitrogen and oxygen atoms in total. The van der Waals surface area contributed by atoms with Gasteiger partial charge in [-0.3, -0.25) is 4.79 Å². The minimum atomic E-state index is -0.268. The lowest BCUT2D eigenvalue weighted by Crippen LogP contribution is -2.44. The maximum absolute atomic E-state index is 12.0. The van der Waals surface area contributed by atoms with Gasteiger partial charge in [0.1, 0.15) is 0 Å². The van der Waals surface area contributed by atoms with Gasteiger partial charge in [-0.1, -0.05) is 36.6 Å². The first kappa shape index (κ1) is 16.3. The van der Waals surface area contributed by atoms with Gasteiger partial charge < -0.3 is 15.3 Å². The highest BCUT2D eigenvalue weighted by Gasteiger charge is 2.26. The largest absolute Gasteiger partial charge is 0.391 e. The molecule has 116 valence electrons. The van der Waals surface area contributed by atoms with Crippen LogP contribution in [0.2, 0.25) is 5.02 Å². The second-order valence-electron chi connectivity index (χ2n) is 5.68. The molecule has 1 aromatic rings. The Labute approximate surface area is 131 Å². The third-order valence-electron chi connectivity index (χ3n) is 4.10. The van der Waals surface area contributed by atoms with Gasteiger partial charge in [0.15, 0.2) is 0 Å². The molecule has 1 fully saturated rings. The van der Waals surface area contributed by atoms with E-state index >= 15 is 0 Å². The Morgan fingerprint density at radius 3 is 2.81 bits per heavy atom. The fourth-order valence-electron chi connectivity index (χ4n) is 2.82. The van der Waals surface area contributed by atoms with Gasteiger partial charge in [-0.05, 0) is 32.0 Å². The van der Waals surface area contributed by atoms with Gasteiger partial charge in [0.05, 0.1) is 16.8 Å². The number of carbonyl (C=O) groups excluding carboxylic acids is 1. The number of likely N-dealkylation sites (N-methyl/N-ethyl adjacent to an activating group) is 1. The van der Waals surface area contributed by atoms with Gasteiger partial charge >= 0.3 is 0 Å². The maximum Gasteiger partial charge on any atom is 0.225 e. The van der Waals surface area contributed by atoms with Gasteiger partial charge in [0.2, 0.25) is 5.91 Å². The number of carbonyl (C=O) groups is 1. The Balaban J connectivity index is 1.79. The Kier molecular flexibility index (Phi) is 6.03. The summed E-state index contributed by atoms with van der Waals surface area (Å²) in [5.74, 6) is -0.0553. The molecule has 5 heteroatoms. The van der Waals surface area contributed by atoms with Crippen LogP contribution in [0.5, 0.6) is 0 Å². The number of rotatable bonds is 5. The lowest BCUT2D eigenvalue weighted by Gasteiger charge is -2.35. The molecule has 0 saturated heterocycles. The Hall–Kier alpha value is -1.10. The van der Waals surface area contributed by atoms with Crippen LogP contribution in [-0.2, 0) is 4.79 Å². The van der Waals surface area contributed by atoms with Crippen molar-refractivity contribution < 1.29 is 9.90 Å². The van der Waals surface area contributed by atoms with Gasteiger partial charge in [0.25, 0.3) is 0 Å². The molecule has 1 aliphatic carbocycles. The monoisotopic (exact) mass is 310 g/mol. The van der Waals surface area contributed by atoms with Crippen LogP contribution in [0.15, 0.2) is 24.3 Å². The standard InChI is InChI=1S/C16H23ClN2O2/c1-19(14-8-4-5-9-15(14)20)11-10-16(21)18-13-7-3-2-6-12(13)17/h2-3,6-7,14-15,20H,4-5,8-11H2,1H3,(H,18,21). The molecule has 21 heavy (non-hydrogen) atoms. The number of hydrogen-bond donors (Lipinski definition) is 2. The average Bonchev–Trinajstić information content (AvgIpc) is 2.48. The highest BCUT2D eigenvalue weighted by Crippen LogP contribution is 2.23. The van der Waals surface area contributed by atoms with Crippen LogP contribution in [-0.4, -0.2) is 41.7 Å². The van der Waals surface area contributed by atoms with E-state index in [1.54, 1.807) is 12.1 Å². The predicted octanol–water partition coefficient (Wildman–Crippen LogP) is 2.90. The number of halogens is 1. The zero-order chi connectivity index (χ0) is 15.2. The zero-order valence-corrected chi connectivity index (χ0v) is 13.1. The van der Waals surface area contributed by atoms with Crippen LogP contribution in [0.3, 0.4) is 0 Å². The first-order valence-corrected chi connectivity index (χ1v) is 7.88. The van der Waals surface area contributed by atoms with E-state index in [2.05, 4.69) is 10.2 Å². The molecule has 0 bridgehead atoms. The molecule has 0 spiro atoms. The van der Waals surface area contributed by atoms with Gasteiger partial charge in [-0.2, -0.15) is 0 Å². The highest BCUT2D eigenvalue weighted by molar-refractivity contribution is 6.33. The van der Waals surface area contributed by atoms with Crippen LogP contribution >= 0.6 is 11.6 Å². The first-order valence-electron chi connectivity index (χ1n) is 7.50. The summed E-state index contributed by atoms with van der Waals surface area (Å²) in [6.07, 6.45) is 4.24. The Morgan fingerprint density at radius 2 is 2.10 bits per heavy atom. The third kappa shape index (κ3) is 4.70. The molecule has 2 rings (SSSR count). The van der Waals surface area contributed by atoms with Crippen LogP contribution in [0, 0.1) is 0 Å². The first-order chi connectivity index (χ1) is 10.1. The van der Waals surface area contributed by atoms with Crippen molar-refractivity contribution in [1.29, 1.82) is 0 Å². The minimum Gasteiger partial charge on any atom is -0.391 e. The molecule has 1 aliphatic rings. The summed E-state index contributed by atoms with van der Waals surface area (Å²) >= 11 is 6.01. The second kappa shape index (κ2) is 7.78. The van der Waals surface area contributed by atoms with Crippen molar-refractivity contribution in [1.82, 2.24) is 4.90 Å². The van der Waals surface area contributed by atoms with Crippen LogP contribution < -0.4 is 5.32 Å². The summed E-state index contributed by atoms with van der Waals surface area (Å²) in [5.41, 5.74) is 0.643. The van der Waals surface area contributed by atoms with Crippen molar-refractivity contribution in [2.75, 3.05) is 18.9 Å². The number of nitrogens with zero attached hydrogens (tertiary/aromatic N) is 1. The van der Waals surface area contributed by atoms with E-state index in [-0.39, 0.29) is 18.1 Å². The highest BCUT2D eigenvalue weighted by atomic mass is 35.5. The number of anilines is 1. The van der Waals surface area contributed by atoms with Crippen LogP contribution in [0.4, 0.5) is 5.69 Å². The summed E-state index contributed by atoms with van der Waals surface area (Å²) in [4.78, 5) is 14.1. The summed E-state index contributed by atoms with van der Waals surface area (Å²) < 4.78 is 0. The summed E-state index contributed by atoms with van der Waals surface area (Å²) in [7, 11) is 1.97. The Bertz CT molecular complexity index is 481. The summed E-state index contributed by atoms with van der Waals surface area (Å²) in [6.45, 7) is 0.637. The number of aliphatic hydroxyl groups excluding tert-OH is 1. The summed E-state index contributed by atoms with van der Waals surface area (Å²) in [6, 6.07) is 7.38. The van der Waals surface area contributed by atoms with Crippen molar-refractivity contribution >= 4 is 23.2 Å². The molecule has 0 radical (unpaired) electrons. The average molecular weight is 311 g/mol. The van der Waals surface area contributed by atoms with Crippen molar-refractivity contribution in [3.05, 3.63) is 29.3 Å². The number of amides is 1. The van der Waals surface area contributed by atoms with Gasteiger partial charge in [0, 0.05) is 19.0 Å². The van der Waals surface area contributed by atoms with E-state index in [1.165, 1.54) is 0 Å². The lowest BCUT2D eigenvalue weighted by molar-refractivity contribution is -0.116. The number of aliphatic hydroxyl groups is 1. The number of nitrogens with one attached hydrogen (secondary N) is 1. The van der Waals surface area contributed by atoms with E-state index in [9.17, 15) is 9.90 Å². The fraction of sp³-hybridized carbons (Fsp3) is 0.562. The molecule has 1 amide bonds. The number of hydrogen-bond acceptors (Lipinski definition) is 3. The molecule has 2 atom stereocenters. The predicted molar refractivity (Wildman–Crippen MR) is 85.6 cm³/mol. The molecular weight excluding hydrogens is 288 g/mol. The zero-order valence-electron chi connectivity index (χ0n) is 12.4. The van der Waals surface area contributed by atoms with E-state index < -0.39 is 0 Å². The molecule has 0 heterocycles. The molecular formula is C16H23ClN2O2. The van der Waals surface area contributed by atoms with E-state index in [0.29, 0.717) is 23.7 Å². The van der Waals surface area contributed by atoms with E-state index in [1.807, 2.05) is 19.2 Å². The van der Waals surface area contributed by atoms with Crippen molar-refractivity contribution in [2.24, 2.45) is 0 Å². The fourth-order valence-corrected chi connectivity index (χ4v) is 3.01. The topological polar surface area (TPSA) is 52.6 Å². The smallest absolute Gasteiger partial charge is 0.225 e. The van der Waals surface area contributed by atoms with Crippen molar-refractivity contribution in [2.45, 2.75) is 44.2 Å². The third-order valence-corrected chi connectivity index (χ3v) is 4.43. The van der Waals surface area contributed by atoms with Crippen molar-refractivity contribution in [3.63, 3.8) is 0 Å². The van der Waals surface area contributed by atoms with Gasteiger partial charge in [-0.25, -0.2) is 0 Å². The molecule has 2 unspecified atom stereocenters. The Morgan fingerprint density at radius 1 is 1.38 bits per heavy atom. The second-order valence-corrected chi connectivity index (χ2v) is 6.08. The van der Waals surface area contributed by atoms with E-state index in [4.69, 9.17) is 11.6 Å². The number of benzene rings is 1. The summed E-state index contributed by atoms with van der Waals surface area (Å²) in [5, 5.41) is 13.4. The van der Waals surface area contributed by atoms with E-state index in [0.717, 1.165) is 25.7 Å². The minimum absolute atomic E-state index is 0.0553.